The van der Waals surface area contributed by atoms with Crippen molar-refractivity contribution in [1.29, 1.82) is 0 Å². The molecule has 1 atom stereocenters. The molecule has 3 aromatic rings. The van der Waals surface area contributed by atoms with Crippen molar-refractivity contribution in [3.8, 4) is 5.75 Å². The van der Waals surface area contributed by atoms with Crippen molar-refractivity contribution in [3.63, 3.8) is 0 Å². The average Bonchev–Trinajstić information content (AvgIpc) is 3.64. The van der Waals surface area contributed by atoms with E-state index in [1.807, 2.05) is 43.5 Å². The third kappa shape index (κ3) is 10.7. The van der Waals surface area contributed by atoms with Gasteiger partial charge < -0.3 is 19.1 Å². The molecule has 43 heavy (non-hydrogen) atoms. The molecule has 5 heteroatoms. The summed E-state index contributed by atoms with van der Waals surface area (Å²) in [6.45, 7) is 16.8. The minimum atomic E-state index is 0.124. The number of Topliss-reactive ketones (excluding diaryl/α,β-unsaturated/α-hetero) is 1. The number of hydrogen-bond donors (Lipinski definition) is 0. The van der Waals surface area contributed by atoms with Crippen molar-refractivity contribution in [1.82, 2.24) is 9.47 Å². The predicted molar refractivity (Wildman–Crippen MR) is 185 cm³/mol. The number of ketones is 1. The van der Waals surface area contributed by atoms with Gasteiger partial charge in [0.1, 0.15) is 5.75 Å². The first-order valence-corrected chi connectivity index (χ1v) is 16.6. The standard InChI is InChI=1S/C21H36N2O.C17H19NO/c1-4-14-22(15-5-2)20-10-12-21(13-11-20)24-18-8-17-23-16-7-9-19(23)6-3;1-3-4-5-6-9-12-18-13-16(14(2)19)15-10-7-8-11-17(15)18/h10-13,19H,4-9,14-18H2,1-3H3;3-8,10-11,13H,9,12H2,1-2H3/b;4-3-,6-5-. The fourth-order valence-electron chi connectivity index (χ4n) is 5.98. The first kappa shape index (κ1) is 34.2. The average molecular weight is 586 g/mol. The summed E-state index contributed by atoms with van der Waals surface area (Å²) in [6.07, 6.45) is 18.7. The van der Waals surface area contributed by atoms with E-state index in [1.165, 1.54) is 50.9 Å². The molecule has 0 radical (unpaired) electrons. The molecular weight excluding hydrogens is 530 g/mol. The zero-order valence-corrected chi connectivity index (χ0v) is 27.4. The molecule has 2 heterocycles. The SMILES string of the molecule is C/C=C\C=C/CCn1cc(C(C)=O)c2ccccc21.CCCN(CCC)c1ccc(OCCCN2CCCC2CC)cc1. The summed E-state index contributed by atoms with van der Waals surface area (Å²) in [7, 11) is 0. The van der Waals surface area contributed by atoms with E-state index in [2.05, 4.69) is 77.6 Å². The van der Waals surface area contributed by atoms with Gasteiger partial charge in [0.05, 0.1) is 6.61 Å². The second-order valence-electron chi connectivity index (χ2n) is 11.5. The molecular formula is C38H55N3O2. The van der Waals surface area contributed by atoms with Crippen LogP contribution in [0.1, 0.15) is 89.9 Å². The van der Waals surface area contributed by atoms with Crippen molar-refractivity contribution < 1.29 is 9.53 Å². The van der Waals surface area contributed by atoms with Crippen LogP contribution in [0.25, 0.3) is 10.9 Å². The van der Waals surface area contributed by atoms with E-state index in [0.717, 1.165) is 67.3 Å². The van der Waals surface area contributed by atoms with Crippen LogP contribution in [0.5, 0.6) is 5.75 Å². The van der Waals surface area contributed by atoms with Gasteiger partial charge in [-0.05, 0) is 95.7 Å². The third-order valence-electron chi connectivity index (χ3n) is 8.16. The summed E-state index contributed by atoms with van der Waals surface area (Å²) in [6, 6.07) is 17.5. The van der Waals surface area contributed by atoms with Crippen LogP contribution in [-0.4, -0.2) is 54.1 Å². The fourth-order valence-corrected chi connectivity index (χ4v) is 5.98. The number of fused-ring (bicyclic) bond motifs is 1. The van der Waals surface area contributed by atoms with E-state index < -0.39 is 0 Å². The number of ether oxygens (including phenoxy) is 1. The monoisotopic (exact) mass is 585 g/mol. The highest BCUT2D eigenvalue weighted by molar-refractivity contribution is 6.06. The Hall–Kier alpha value is -3.31. The van der Waals surface area contributed by atoms with E-state index >= 15 is 0 Å². The van der Waals surface area contributed by atoms with Gasteiger partial charge >= 0.3 is 0 Å². The van der Waals surface area contributed by atoms with Crippen molar-refractivity contribution in [2.75, 3.05) is 37.7 Å². The number of aryl methyl sites for hydroxylation is 1. The number of allylic oxidation sites excluding steroid dienone is 4. The number of anilines is 1. The molecule has 0 amide bonds. The minimum Gasteiger partial charge on any atom is -0.494 e. The van der Waals surface area contributed by atoms with Crippen LogP contribution >= 0.6 is 0 Å². The molecule has 0 aliphatic carbocycles. The maximum atomic E-state index is 11.7. The van der Waals surface area contributed by atoms with Gasteiger partial charge in [-0.1, -0.05) is 63.3 Å². The maximum absolute atomic E-state index is 11.7. The molecule has 2 aromatic carbocycles. The largest absolute Gasteiger partial charge is 0.494 e. The summed E-state index contributed by atoms with van der Waals surface area (Å²) in [4.78, 5) is 16.8. The van der Waals surface area contributed by atoms with Crippen molar-refractivity contribution in [2.45, 2.75) is 92.2 Å². The Bertz CT molecular complexity index is 1270. The van der Waals surface area contributed by atoms with Crippen LogP contribution in [0.3, 0.4) is 0 Å². The van der Waals surface area contributed by atoms with Crippen molar-refractivity contribution >= 4 is 22.4 Å². The van der Waals surface area contributed by atoms with Crippen LogP contribution in [0.4, 0.5) is 5.69 Å². The second kappa shape index (κ2) is 19.1. The molecule has 0 saturated carbocycles. The quantitative estimate of drug-likeness (QED) is 0.0954. The highest BCUT2D eigenvalue weighted by atomic mass is 16.5. The van der Waals surface area contributed by atoms with Crippen molar-refractivity contribution in [3.05, 3.63) is 84.6 Å². The lowest BCUT2D eigenvalue weighted by Gasteiger charge is -2.24. The van der Waals surface area contributed by atoms with E-state index in [4.69, 9.17) is 4.74 Å². The van der Waals surface area contributed by atoms with E-state index in [9.17, 15) is 4.79 Å². The molecule has 4 rings (SSSR count). The number of aromatic nitrogens is 1. The van der Waals surface area contributed by atoms with E-state index in [1.54, 1.807) is 6.92 Å². The number of carbonyl (C=O) groups excluding carboxylic acids is 1. The molecule has 1 aromatic heterocycles. The smallest absolute Gasteiger partial charge is 0.161 e. The van der Waals surface area contributed by atoms with Crippen LogP contribution in [0.2, 0.25) is 0 Å². The number of benzene rings is 2. The Labute approximate surface area is 261 Å². The van der Waals surface area contributed by atoms with Gasteiger partial charge in [-0.25, -0.2) is 0 Å². The van der Waals surface area contributed by atoms with Gasteiger partial charge in [-0.15, -0.1) is 0 Å². The first-order valence-electron chi connectivity index (χ1n) is 16.6. The lowest BCUT2D eigenvalue weighted by molar-refractivity contribution is 0.101. The molecule has 1 fully saturated rings. The summed E-state index contributed by atoms with van der Waals surface area (Å²) in [5.74, 6) is 1.12. The van der Waals surface area contributed by atoms with Crippen molar-refractivity contribution in [2.24, 2.45) is 0 Å². The van der Waals surface area contributed by atoms with Crippen LogP contribution in [-0.2, 0) is 6.54 Å². The first-order chi connectivity index (χ1) is 21.0. The van der Waals surface area contributed by atoms with Gasteiger partial charge in [0, 0.05) is 60.6 Å². The van der Waals surface area contributed by atoms with Crippen LogP contribution in [0, 0.1) is 0 Å². The molecule has 1 aliphatic rings. The topological polar surface area (TPSA) is 37.7 Å². The number of nitrogens with zero attached hydrogens (tertiary/aromatic N) is 3. The molecule has 0 N–H and O–H groups in total. The van der Waals surface area contributed by atoms with E-state index in [0.29, 0.717) is 0 Å². The predicted octanol–water partition coefficient (Wildman–Crippen LogP) is 9.32. The number of para-hydroxylation sites is 1. The Morgan fingerprint density at radius 2 is 1.74 bits per heavy atom. The summed E-state index contributed by atoms with van der Waals surface area (Å²) >= 11 is 0. The molecule has 5 nitrogen and oxygen atoms in total. The molecule has 1 unspecified atom stereocenters. The molecule has 0 spiro atoms. The number of carbonyl (C=O) groups is 1. The highest BCUT2D eigenvalue weighted by Gasteiger charge is 2.21. The highest BCUT2D eigenvalue weighted by Crippen LogP contribution is 2.23. The minimum absolute atomic E-state index is 0.124. The van der Waals surface area contributed by atoms with Crippen LogP contribution in [0.15, 0.2) is 79.0 Å². The molecule has 234 valence electrons. The number of rotatable bonds is 16. The number of hydrogen-bond acceptors (Lipinski definition) is 4. The molecule has 1 saturated heterocycles. The summed E-state index contributed by atoms with van der Waals surface area (Å²) in [5, 5.41) is 1.05. The number of likely N-dealkylation sites (tertiary alicyclic amines) is 1. The Kier molecular flexibility index (Phi) is 15.2. The Morgan fingerprint density at radius 1 is 1.00 bits per heavy atom. The van der Waals surface area contributed by atoms with Crippen LogP contribution < -0.4 is 9.64 Å². The zero-order valence-electron chi connectivity index (χ0n) is 27.4. The summed E-state index contributed by atoms with van der Waals surface area (Å²) < 4.78 is 8.10. The third-order valence-corrected chi connectivity index (χ3v) is 8.16. The molecule has 0 bridgehead atoms. The van der Waals surface area contributed by atoms with Gasteiger partial charge in [0.2, 0.25) is 0 Å². The van der Waals surface area contributed by atoms with Gasteiger partial charge in [0.25, 0.3) is 0 Å². The molecule has 1 aliphatic heterocycles. The van der Waals surface area contributed by atoms with Gasteiger partial charge in [-0.3, -0.25) is 4.79 Å². The Balaban J connectivity index is 0.000000242. The van der Waals surface area contributed by atoms with Gasteiger partial charge in [-0.2, -0.15) is 0 Å². The van der Waals surface area contributed by atoms with E-state index in [-0.39, 0.29) is 5.78 Å². The summed E-state index contributed by atoms with van der Waals surface area (Å²) in [5.41, 5.74) is 3.26. The second-order valence-corrected chi connectivity index (χ2v) is 11.5. The lowest BCUT2D eigenvalue weighted by Crippen LogP contribution is -2.30. The Morgan fingerprint density at radius 3 is 2.42 bits per heavy atom. The fraction of sp³-hybridized carbons (Fsp3) is 0.500. The normalized spacial score (nSPS) is 15.3. The van der Waals surface area contributed by atoms with Gasteiger partial charge in [0.15, 0.2) is 5.78 Å². The maximum Gasteiger partial charge on any atom is 0.161 e. The zero-order chi connectivity index (χ0) is 30.9. The lowest BCUT2D eigenvalue weighted by atomic mass is 10.1.